The number of aromatic nitrogens is 2. The maximum Gasteiger partial charge on any atom is 0.138 e. The Balaban J connectivity index is 1.68. The number of thiophene rings is 1. The Hall–Kier alpha value is -1.33. The number of pyridine rings is 1. The van der Waals surface area contributed by atoms with Crippen molar-refractivity contribution in [2.45, 2.75) is 6.42 Å². The van der Waals surface area contributed by atoms with Crippen molar-refractivity contribution >= 4 is 38.7 Å². The maximum atomic E-state index is 4.27. The molecule has 0 unspecified atom stereocenters. The van der Waals surface area contributed by atoms with Crippen LogP contribution in [0.3, 0.4) is 0 Å². The number of rotatable bonds is 4. The van der Waals surface area contributed by atoms with Gasteiger partial charge in [-0.2, -0.15) is 0 Å². The second-order valence-corrected chi connectivity index (χ2v) is 6.50. The molecule has 0 aliphatic heterocycles. The summed E-state index contributed by atoms with van der Waals surface area (Å²) in [6.07, 6.45) is 4.82. The Morgan fingerprint density at radius 3 is 3.06 bits per heavy atom. The molecule has 0 saturated carbocycles. The van der Waals surface area contributed by atoms with E-state index in [2.05, 4.69) is 48.8 Å². The van der Waals surface area contributed by atoms with Crippen molar-refractivity contribution in [3.63, 3.8) is 0 Å². The topological polar surface area (TPSA) is 29.3 Å². The summed E-state index contributed by atoms with van der Waals surface area (Å²) in [5.41, 5.74) is 0.971. The summed E-state index contributed by atoms with van der Waals surface area (Å²) in [6, 6.07) is 10.3. The van der Waals surface area contributed by atoms with Crippen molar-refractivity contribution < 1.29 is 0 Å². The van der Waals surface area contributed by atoms with E-state index in [-0.39, 0.29) is 0 Å². The van der Waals surface area contributed by atoms with E-state index in [0.29, 0.717) is 0 Å². The predicted octanol–water partition coefficient (Wildman–Crippen LogP) is 3.81. The minimum absolute atomic E-state index is 0.921. The van der Waals surface area contributed by atoms with Gasteiger partial charge in [0.15, 0.2) is 0 Å². The number of imidazole rings is 1. The Morgan fingerprint density at radius 2 is 2.22 bits per heavy atom. The third kappa shape index (κ3) is 2.42. The molecule has 0 atom stereocenters. The fourth-order valence-electron chi connectivity index (χ4n) is 1.89. The summed E-state index contributed by atoms with van der Waals surface area (Å²) in [5.74, 6) is 1.08. The van der Waals surface area contributed by atoms with Crippen LogP contribution in [0.2, 0.25) is 0 Å². The normalized spacial score (nSPS) is 10.9. The van der Waals surface area contributed by atoms with Gasteiger partial charge in [-0.05, 0) is 46.6 Å². The van der Waals surface area contributed by atoms with Gasteiger partial charge in [0.05, 0.1) is 3.79 Å². The molecule has 3 heterocycles. The van der Waals surface area contributed by atoms with Crippen molar-refractivity contribution in [2.24, 2.45) is 0 Å². The third-order valence-corrected chi connectivity index (χ3v) is 4.42. The van der Waals surface area contributed by atoms with Crippen LogP contribution in [0.25, 0.3) is 5.65 Å². The van der Waals surface area contributed by atoms with Crippen LogP contribution >= 0.6 is 27.3 Å². The fourth-order valence-corrected chi connectivity index (χ4v) is 3.37. The summed E-state index contributed by atoms with van der Waals surface area (Å²) >= 11 is 5.27. The largest absolute Gasteiger partial charge is 0.371 e. The molecule has 3 nitrogen and oxygen atoms in total. The average molecular weight is 322 g/mol. The first-order valence-corrected chi connectivity index (χ1v) is 7.34. The first kappa shape index (κ1) is 11.7. The summed E-state index contributed by atoms with van der Waals surface area (Å²) in [6.45, 7) is 0.921. The lowest BCUT2D eigenvalue weighted by atomic mass is 10.3. The van der Waals surface area contributed by atoms with Gasteiger partial charge in [-0.15, -0.1) is 11.3 Å². The third-order valence-electron chi connectivity index (χ3n) is 2.73. The Morgan fingerprint density at radius 1 is 1.28 bits per heavy atom. The van der Waals surface area contributed by atoms with Gasteiger partial charge in [-0.1, -0.05) is 6.07 Å². The number of hydrogen-bond donors (Lipinski definition) is 1. The monoisotopic (exact) mass is 321 g/mol. The zero-order chi connectivity index (χ0) is 12.4. The molecule has 0 aliphatic carbocycles. The molecule has 18 heavy (non-hydrogen) atoms. The highest BCUT2D eigenvalue weighted by atomic mass is 79.9. The summed E-state index contributed by atoms with van der Waals surface area (Å²) < 4.78 is 3.25. The Bertz CT molecular complexity index is 659. The average Bonchev–Trinajstić information content (AvgIpc) is 2.98. The van der Waals surface area contributed by atoms with Crippen LogP contribution in [0.1, 0.15) is 4.88 Å². The highest BCUT2D eigenvalue weighted by Gasteiger charge is 2.01. The van der Waals surface area contributed by atoms with E-state index in [9.17, 15) is 0 Å². The van der Waals surface area contributed by atoms with Gasteiger partial charge in [-0.25, -0.2) is 4.98 Å². The van der Waals surface area contributed by atoms with E-state index in [1.54, 1.807) is 11.3 Å². The van der Waals surface area contributed by atoms with Crippen molar-refractivity contribution in [3.05, 3.63) is 51.4 Å². The summed E-state index contributed by atoms with van der Waals surface area (Å²) in [4.78, 5) is 5.65. The van der Waals surface area contributed by atoms with E-state index in [4.69, 9.17) is 0 Å². The molecule has 1 N–H and O–H groups in total. The smallest absolute Gasteiger partial charge is 0.138 e. The lowest BCUT2D eigenvalue weighted by Crippen LogP contribution is -2.07. The van der Waals surface area contributed by atoms with Crippen LogP contribution in [0.15, 0.2) is 46.5 Å². The lowest BCUT2D eigenvalue weighted by Gasteiger charge is -2.07. The molecule has 3 aromatic heterocycles. The van der Waals surface area contributed by atoms with E-state index in [1.807, 2.05) is 24.5 Å². The van der Waals surface area contributed by atoms with Crippen molar-refractivity contribution in [1.29, 1.82) is 0 Å². The van der Waals surface area contributed by atoms with Gasteiger partial charge < -0.3 is 5.32 Å². The second kappa shape index (κ2) is 5.12. The summed E-state index contributed by atoms with van der Waals surface area (Å²) in [5, 5.41) is 3.45. The van der Waals surface area contributed by atoms with Gasteiger partial charge in [0, 0.05) is 23.8 Å². The van der Waals surface area contributed by atoms with Crippen molar-refractivity contribution in [1.82, 2.24) is 9.38 Å². The minimum atomic E-state index is 0.921. The van der Waals surface area contributed by atoms with Crippen LogP contribution in [0.5, 0.6) is 0 Å². The Labute approximate surface area is 118 Å². The number of halogens is 1. The van der Waals surface area contributed by atoms with Crippen LogP contribution in [0.4, 0.5) is 5.82 Å². The highest BCUT2D eigenvalue weighted by Crippen LogP contribution is 2.22. The lowest BCUT2D eigenvalue weighted by molar-refractivity contribution is 1.01. The Kier molecular flexibility index (Phi) is 3.34. The zero-order valence-corrected chi connectivity index (χ0v) is 12.0. The molecule has 5 heteroatoms. The van der Waals surface area contributed by atoms with E-state index in [1.165, 1.54) is 8.66 Å². The van der Waals surface area contributed by atoms with Crippen molar-refractivity contribution in [3.8, 4) is 0 Å². The maximum absolute atomic E-state index is 4.27. The van der Waals surface area contributed by atoms with E-state index < -0.39 is 0 Å². The summed E-state index contributed by atoms with van der Waals surface area (Å²) in [7, 11) is 0. The molecule has 0 aromatic carbocycles. The number of nitrogens with zero attached hydrogens (tertiary/aromatic N) is 2. The molecule has 0 amide bonds. The van der Waals surface area contributed by atoms with E-state index in [0.717, 1.165) is 24.4 Å². The zero-order valence-electron chi connectivity index (χ0n) is 9.64. The molecule has 92 valence electrons. The van der Waals surface area contributed by atoms with Gasteiger partial charge in [0.2, 0.25) is 0 Å². The molecular formula is C13H12BrN3S. The number of hydrogen-bond acceptors (Lipinski definition) is 3. The van der Waals surface area contributed by atoms with Crippen molar-refractivity contribution in [2.75, 3.05) is 11.9 Å². The van der Waals surface area contributed by atoms with Gasteiger partial charge in [0.1, 0.15) is 11.5 Å². The molecule has 0 bridgehead atoms. The fraction of sp³-hybridized carbons (Fsp3) is 0.154. The van der Waals surface area contributed by atoms with Gasteiger partial charge in [0.25, 0.3) is 0 Å². The molecule has 3 aromatic rings. The molecule has 3 rings (SSSR count). The van der Waals surface area contributed by atoms with E-state index >= 15 is 0 Å². The van der Waals surface area contributed by atoms with Crippen LogP contribution in [0, 0.1) is 0 Å². The standard InChI is InChI=1S/C13H12BrN3S/c14-11-5-4-10(18-11)6-7-15-12-2-1-3-13-16-8-9-17(12)13/h1-5,8-9,15H,6-7H2. The van der Waals surface area contributed by atoms with Crippen LogP contribution < -0.4 is 5.32 Å². The molecular weight excluding hydrogens is 310 g/mol. The van der Waals surface area contributed by atoms with Gasteiger partial charge in [-0.3, -0.25) is 4.40 Å². The number of anilines is 1. The van der Waals surface area contributed by atoms with Crippen LogP contribution in [-0.2, 0) is 6.42 Å². The highest BCUT2D eigenvalue weighted by molar-refractivity contribution is 9.11. The predicted molar refractivity (Wildman–Crippen MR) is 79.4 cm³/mol. The van der Waals surface area contributed by atoms with Crippen LogP contribution in [-0.4, -0.2) is 15.9 Å². The van der Waals surface area contributed by atoms with Gasteiger partial charge >= 0.3 is 0 Å². The number of nitrogens with one attached hydrogen (secondary N) is 1. The molecule has 0 fully saturated rings. The molecule has 0 saturated heterocycles. The minimum Gasteiger partial charge on any atom is -0.371 e. The first-order valence-electron chi connectivity index (χ1n) is 5.73. The molecule has 0 radical (unpaired) electrons. The quantitative estimate of drug-likeness (QED) is 0.791. The first-order chi connectivity index (χ1) is 8.83. The molecule has 0 aliphatic rings. The SMILES string of the molecule is Brc1ccc(CCNc2cccc3nccn23)s1. The second-order valence-electron chi connectivity index (χ2n) is 3.95. The molecule has 0 spiro atoms. The number of fused-ring (bicyclic) bond motifs is 1.